The Morgan fingerprint density at radius 2 is 2.20 bits per heavy atom. The Morgan fingerprint density at radius 3 is 2.70 bits per heavy atom. The number of nitrogens with zero attached hydrogens (tertiary/aromatic N) is 1. The summed E-state index contributed by atoms with van der Waals surface area (Å²) >= 11 is 0. The molecule has 1 fully saturated rings. The number of hydrogen-bond acceptors (Lipinski definition) is 2. The molecule has 0 N–H and O–H groups in total. The molecule has 0 bridgehead atoms. The highest BCUT2D eigenvalue weighted by Crippen LogP contribution is 2.14. The van der Waals surface area contributed by atoms with Gasteiger partial charge in [-0.1, -0.05) is 6.92 Å². The van der Waals surface area contributed by atoms with Crippen molar-refractivity contribution < 1.29 is 4.74 Å². The van der Waals surface area contributed by atoms with Gasteiger partial charge in [-0.05, 0) is 13.0 Å². The molecule has 60 valence electrons. The van der Waals surface area contributed by atoms with Crippen molar-refractivity contribution >= 4 is 0 Å². The summed E-state index contributed by atoms with van der Waals surface area (Å²) in [5.74, 6) is 0.816. The summed E-state index contributed by atoms with van der Waals surface area (Å²) in [6.45, 7) is 6.94. The zero-order valence-corrected chi connectivity index (χ0v) is 6.97. The van der Waals surface area contributed by atoms with Crippen molar-refractivity contribution in [3.63, 3.8) is 0 Å². The molecule has 0 radical (unpaired) electrons. The van der Waals surface area contributed by atoms with Crippen LogP contribution in [0.25, 0.3) is 0 Å². The standard InChI is InChI=1S/C8H17NO/c1-3-4-9-5-8(6-9)7-10-2/h8H,3-7H2,1-2H3. The Labute approximate surface area is 63.2 Å². The van der Waals surface area contributed by atoms with E-state index >= 15 is 0 Å². The maximum atomic E-state index is 5.05. The molecule has 0 unspecified atom stereocenters. The number of ether oxygens (including phenoxy) is 1. The molecule has 2 heteroatoms. The monoisotopic (exact) mass is 143 g/mol. The maximum absolute atomic E-state index is 5.05. The van der Waals surface area contributed by atoms with E-state index in [1.165, 1.54) is 26.1 Å². The quantitative estimate of drug-likeness (QED) is 0.581. The van der Waals surface area contributed by atoms with Crippen molar-refractivity contribution in [3.05, 3.63) is 0 Å². The zero-order valence-electron chi connectivity index (χ0n) is 6.97. The molecule has 1 saturated heterocycles. The number of hydrogen-bond donors (Lipinski definition) is 0. The van der Waals surface area contributed by atoms with Crippen LogP contribution in [0.15, 0.2) is 0 Å². The Kier molecular flexibility index (Phi) is 3.16. The molecular weight excluding hydrogens is 126 g/mol. The van der Waals surface area contributed by atoms with Crippen molar-refractivity contribution in [3.8, 4) is 0 Å². The average molecular weight is 143 g/mol. The molecule has 10 heavy (non-hydrogen) atoms. The average Bonchev–Trinajstić information content (AvgIpc) is 1.84. The van der Waals surface area contributed by atoms with Crippen LogP contribution in [0.4, 0.5) is 0 Å². The van der Waals surface area contributed by atoms with Gasteiger partial charge in [-0.2, -0.15) is 0 Å². The van der Waals surface area contributed by atoms with Gasteiger partial charge in [0.15, 0.2) is 0 Å². The summed E-state index contributed by atoms with van der Waals surface area (Å²) in [4.78, 5) is 2.48. The van der Waals surface area contributed by atoms with Crippen LogP contribution in [-0.4, -0.2) is 38.3 Å². The van der Waals surface area contributed by atoms with Gasteiger partial charge < -0.3 is 9.64 Å². The van der Waals surface area contributed by atoms with Crippen molar-refractivity contribution in [2.45, 2.75) is 13.3 Å². The second-order valence-electron chi connectivity index (χ2n) is 3.08. The minimum atomic E-state index is 0.816. The second kappa shape index (κ2) is 3.94. The Hall–Kier alpha value is -0.0800. The zero-order chi connectivity index (χ0) is 7.40. The molecule has 0 aromatic rings. The highest BCUT2D eigenvalue weighted by molar-refractivity contribution is 4.78. The molecule has 0 saturated carbocycles. The van der Waals surface area contributed by atoms with Gasteiger partial charge in [-0.15, -0.1) is 0 Å². The first-order valence-electron chi connectivity index (χ1n) is 4.08. The fraction of sp³-hybridized carbons (Fsp3) is 1.00. The highest BCUT2D eigenvalue weighted by atomic mass is 16.5. The van der Waals surface area contributed by atoms with Gasteiger partial charge in [-0.25, -0.2) is 0 Å². The Balaban J connectivity index is 1.95. The van der Waals surface area contributed by atoms with E-state index in [2.05, 4.69) is 11.8 Å². The van der Waals surface area contributed by atoms with Crippen molar-refractivity contribution in [1.29, 1.82) is 0 Å². The lowest BCUT2D eigenvalue weighted by Crippen LogP contribution is -2.48. The van der Waals surface area contributed by atoms with Crippen LogP contribution < -0.4 is 0 Å². The van der Waals surface area contributed by atoms with Gasteiger partial charge in [0.2, 0.25) is 0 Å². The smallest absolute Gasteiger partial charge is 0.0515 e. The van der Waals surface area contributed by atoms with Crippen molar-refractivity contribution in [1.82, 2.24) is 4.90 Å². The third-order valence-electron chi connectivity index (χ3n) is 1.97. The summed E-state index contributed by atoms with van der Waals surface area (Å²) in [7, 11) is 1.78. The molecule has 1 rings (SSSR count). The maximum Gasteiger partial charge on any atom is 0.0515 e. The topological polar surface area (TPSA) is 12.5 Å². The van der Waals surface area contributed by atoms with Crippen LogP contribution in [0.1, 0.15) is 13.3 Å². The molecular formula is C8H17NO. The number of likely N-dealkylation sites (tertiary alicyclic amines) is 1. The van der Waals surface area contributed by atoms with Crippen molar-refractivity contribution in [2.75, 3.05) is 33.4 Å². The Morgan fingerprint density at radius 1 is 1.50 bits per heavy atom. The summed E-state index contributed by atoms with van der Waals surface area (Å²) in [5.41, 5.74) is 0. The van der Waals surface area contributed by atoms with E-state index < -0.39 is 0 Å². The predicted octanol–water partition coefficient (Wildman–Crippen LogP) is 0.975. The van der Waals surface area contributed by atoms with Crippen LogP contribution >= 0.6 is 0 Å². The molecule has 0 amide bonds. The summed E-state index contributed by atoms with van der Waals surface area (Å²) in [5, 5.41) is 0. The van der Waals surface area contributed by atoms with Gasteiger partial charge in [0.05, 0.1) is 6.61 Å². The fourth-order valence-corrected chi connectivity index (χ4v) is 1.52. The third-order valence-corrected chi connectivity index (χ3v) is 1.97. The summed E-state index contributed by atoms with van der Waals surface area (Å²) < 4.78 is 5.05. The number of rotatable bonds is 4. The Bertz CT molecular complexity index is 79.3. The normalized spacial score (nSPS) is 21.0. The number of methoxy groups -OCH3 is 1. The first-order valence-corrected chi connectivity index (χ1v) is 4.08. The predicted molar refractivity (Wildman–Crippen MR) is 42.1 cm³/mol. The molecule has 0 spiro atoms. The van der Waals surface area contributed by atoms with Crippen molar-refractivity contribution in [2.24, 2.45) is 5.92 Å². The molecule has 0 aromatic carbocycles. The lowest BCUT2D eigenvalue weighted by molar-refractivity contribution is 0.0346. The van der Waals surface area contributed by atoms with Crippen LogP contribution in [0.5, 0.6) is 0 Å². The van der Waals surface area contributed by atoms with E-state index in [1.54, 1.807) is 7.11 Å². The molecule has 1 aliphatic heterocycles. The van der Waals surface area contributed by atoms with Crippen LogP contribution in [0, 0.1) is 5.92 Å². The fourth-order valence-electron chi connectivity index (χ4n) is 1.52. The first-order chi connectivity index (χ1) is 4.86. The highest BCUT2D eigenvalue weighted by Gasteiger charge is 2.24. The largest absolute Gasteiger partial charge is 0.384 e. The third kappa shape index (κ3) is 1.96. The lowest BCUT2D eigenvalue weighted by Gasteiger charge is -2.38. The van der Waals surface area contributed by atoms with Crippen LogP contribution in [0.3, 0.4) is 0 Å². The molecule has 1 aliphatic rings. The SMILES string of the molecule is CCCN1CC(COC)C1. The van der Waals surface area contributed by atoms with E-state index in [0.717, 1.165) is 12.5 Å². The van der Waals surface area contributed by atoms with E-state index in [1.807, 2.05) is 0 Å². The van der Waals surface area contributed by atoms with Gasteiger partial charge in [0.1, 0.15) is 0 Å². The lowest BCUT2D eigenvalue weighted by atomic mass is 10.0. The van der Waals surface area contributed by atoms with E-state index in [4.69, 9.17) is 4.74 Å². The van der Waals surface area contributed by atoms with E-state index in [0.29, 0.717) is 0 Å². The van der Waals surface area contributed by atoms with E-state index in [-0.39, 0.29) is 0 Å². The van der Waals surface area contributed by atoms with Crippen LogP contribution in [-0.2, 0) is 4.74 Å². The molecule has 0 aromatic heterocycles. The van der Waals surface area contributed by atoms with Gasteiger partial charge in [-0.3, -0.25) is 0 Å². The second-order valence-corrected chi connectivity index (χ2v) is 3.08. The molecule has 1 heterocycles. The minimum absolute atomic E-state index is 0.816. The van der Waals surface area contributed by atoms with Gasteiger partial charge in [0, 0.05) is 26.1 Å². The summed E-state index contributed by atoms with van der Waals surface area (Å²) in [6, 6.07) is 0. The van der Waals surface area contributed by atoms with Crippen LogP contribution in [0.2, 0.25) is 0 Å². The first kappa shape index (κ1) is 8.02. The summed E-state index contributed by atoms with van der Waals surface area (Å²) in [6.07, 6.45) is 1.28. The molecule has 0 atom stereocenters. The van der Waals surface area contributed by atoms with Gasteiger partial charge in [0.25, 0.3) is 0 Å². The molecule has 2 nitrogen and oxygen atoms in total. The van der Waals surface area contributed by atoms with E-state index in [9.17, 15) is 0 Å². The molecule has 0 aliphatic carbocycles. The minimum Gasteiger partial charge on any atom is -0.384 e. The van der Waals surface area contributed by atoms with Gasteiger partial charge >= 0.3 is 0 Å².